The Balaban J connectivity index is 1.93. The van der Waals surface area contributed by atoms with Gasteiger partial charge in [-0.1, -0.05) is 29.8 Å². The van der Waals surface area contributed by atoms with E-state index in [0.29, 0.717) is 13.0 Å². The van der Waals surface area contributed by atoms with Gasteiger partial charge in [0.1, 0.15) is 12.6 Å². The van der Waals surface area contributed by atoms with Crippen molar-refractivity contribution in [2.75, 3.05) is 13.7 Å². The molecule has 6 heteroatoms. The predicted molar refractivity (Wildman–Crippen MR) is 80.9 cm³/mol. The summed E-state index contributed by atoms with van der Waals surface area (Å²) in [5, 5.41) is 0. The van der Waals surface area contributed by atoms with Gasteiger partial charge in [-0.3, -0.25) is 14.5 Å². The van der Waals surface area contributed by atoms with Gasteiger partial charge in [0.15, 0.2) is 0 Å². The number of nitrogens with one attached hydrogen (secondary N) is 1. The first-order chi connectivity index (χ1) is 10.6. The van der Waals surface area contributed by atoms with Crippen LogP contribution in [-0.2, 0) is 21.0 Å². The van der Waals surface area contributed by atoms with Crippen molar-refractivity contribution in [3.63, 3.8) is 0 Å². The second-order valence-electron chi connectivity index (χ2n) is 5.42. The lowest BCUT2D eigenvalue weighted by molar-refractivity contribution is -0.137. The molecule has 1 N–H and O–H groups in total. The third-order valence-corrected chi connectivity index (χ3v) is 3.73. The van der Waals surface area contributed by atoms with E-state index in [2.05, 4.69) is 10.3 Å². The van der Waals surface area contributed by atoms with Crippen LogP contribution in [0.25, 0.3) is 0 Å². The molecule has 120 valence electrons. The Kier molecular flexibility index (Phi) is 5.77. The Morgan fingerprint density at radius 2 is 2.00 bits per heavy atom. The molecule has 1 atom stereocenters. The number of amides is 2. The lowest BCUT2D eigenvalue weighted by Gasteiger charge is -2.33. The van der Waals surface area contributed by atoms with E-state index in [1.165, 1.54) is 12.0 Å². The van der Waals surface area contributed by atoms with Crippen LogP contribution in [-0.4, -0.2) is 36.6 Å². The van der Waals surface area contributed by atoms with Crippen molar-refractivity contribution in [1.82, 2.24) is 10.4 Å². The van der Waals surface area contributed by atoms with Crippen molar-refractivity contribution in [2.24, 2.45) is 0 Å². The second-order valence-corrected chi connectivity index (χ2v) is 5.42. The fourth-order valence-electron chi connectivity index (χ4n) is 2.50. The minimum atomic E-state index is -0.529. The van der Waals surface area contributed by atoms with Crippen molar-refractivity contribution in [3.8, 4) is 0 Å². The van der Waals surface area contributed by atoms with Crippen LogP contribution >= 0.6 is 0 Å². The number of nitrogens with zero attached hydrogens (tertiary/aromatic N) is 1. The quantitative estimate of drug-likeness (QED) is 0.866. The second kappa shape index (κ2) is 7.79. The average molecular weight is 306 g/mol. The lowest BCUT2D eigenvalue weighted by Crippen LogP contribution is -2.51. The standard InChI is InChI=1S/C16H22N2O4/c1-12-6-8-13(9-7-12)11-22-16(20)18-10-4-3-5-14(18)15(19)17-21-2/h6-9,14H,3-5,10-11H2,1-2H3,(H,17,19). The highest BCUT2D eigenvalue weighted by atomic mass is 16.6. The average Bonchev–Trinajstić information content (AvgIpc) is 2.54. The van der Waals surface area contributed by atoms with Crippen LogP contribution in [0.5, 0.6) is 0 Å². The minimum absolute atomic E-state index is 0.203. The zero-order valence-corrected chi connectivity index (χ0v) is 13.0. The molecule has 0 aromatic heterocycles. The lowest BCUT2D eigenvalue weighted by atomic mass is 10.0. The molecular weight excluding hydrogens is 284 g/mol. The molecule has 1 heterocycles. The fourth-order valence-corrected chi connectivity index (χ4v) is 2.50. The van der Waals surface area contributed by atoms with E-state index < -0.39 is 12.1 Å². The van der Waals surface area contributed by atoms with Crippen molar-refractivity contribution in [3.05, 3.63) is 35.4 Å². The molecule has 1 unspecified atom stereocenters. The highest BCUT2D eigenvalue weighted by Crippen LogP contribution is 2.19. The maximum absolute atomic E-state index is 12.2. The number of hydrogen-bond donors (Lipinski definition) is 1. The third-order valence-electron chi connectivity index (χ3n) is 3.73. The monoisotopic (exact) mass is 306 g/mol. The molecule has 0 spiro atoms. The Hall–Kier alpha value is -2.08. The van der Waals surface area contributed by atoms with Crippen LogP contribution in [0.15, 0.2) is 24.3 Å². The molecule has 0 aliphatic carbocycles. The number of benzene rings is 1. The van der Waals surface area contributed by atoms with Gasteiger partial charge < -0.3 is 4.74 Å². The number of rotatable bonds is 4. The summed E-state index contributed by atoms with van der Waals surface area (Å²) >= 11 is 0. The molecule has 6 nitrogen and oxygen atoms in total. The van der Waals surface area contributed by atoms with Gasteiger partial charge in [0.2, 0.25) is 0 Å². The first-order valence-electron chi connectivity index (χ1n) is 7.43. The smallest absolute Gasteiger partial charge is 0.410 e. The van der Waals surface area contributed by atoms with Crippen LogP contribution < -0.4 is 5.48 Å². The molecule has 1 saturated heterocycles. The van der Waals surface area contributed by atoms with Crippen molar-refractivity contribution >= 4 is 12.0 Å². The summed E-state index contributed by atoms with van der Waals surface area (Å²) in [5.41, 5.74) is 4.37. The molecule has 1 aromatic carbocycles. The van der Waals surface area contributed by atoms with Crippen LogP contribution in [0.1, 0.15) is 30.4 Å². The maximum Gasteiger partial charge on any atom is 0.410 e. The molecule has 2 rings (SSSR count). The predicted octanol–water partition coefficient (Wildman–Crippen LogP) is 2.16. The van der Waals surface area contributed by atoms with Crippen molar-refractivity contribution < 1.29 is 19.2 Å². The first-order valence-corrected chi connectivity index (χ1v) is 7.43. The Labute approximate surface area is 130 Å². The maximum atomic E-state index is 12.2. The number of hydrogen-bond acceptors (Lipinski definition) is 4. The summed E-state index contributed by atoms with van der Waals surface area (Å²) in [6.45, 7) is 2.73. The summed E-state index contributed by atoms with van der Waals surface area (Å²) in [5.74, 6) is -0.311. The summed E-state index contributed by atoms with van der Waals surface area (Å²) in [4.78, 5) is 30.3. The number of aryl methyl sites for hydroxylation is 1. The highest BCUT2D eigenvalue weighted by molar-refractivity contribution is 5.85. The van der Waals surface area contributed by atoms with Gasteiger partial charge in [0.25, 0.3) is 5.91 Å². The van der Waals surface area contributed by atoms with Crippen LogP contribution in [0.3, 0.4) is 0 Å². The minimum Gasteiger partial charge on any atom is -0.445 e. The molecule has 1 aromatic rings. The van der Waals surface area contributed by atoms with E-state index in [1.54, 1.807) is 0 Å². The van der Waals surface area contributed by atoms with E-state index >= 15 is 0 Å². The van der Waals surface area contributed by atoms with Crippen LogP contribution in [0.4, 0.5) is 4.79 Å². The molecule has 0 saturated carbocycles. The zero-order valence-electron chi connectivity index (χ0n) is 13.0. The summed E-state index contributed by atoms with van der Waals surface area (Å²) in [6.07, 6.45) is 1.94. The van der Waals surface area contributed by atoms with Gasteiger partial charge in [0, 0.05) is 6.54 Å². The van der Waals surface area contributed by atoms with E-state index in [1.807, 2.05) is 31.2 Å². The fraction of sp³-hybridized carbons (Fsp3) is 0.500. The Morgan fingerprint density at radius 1 is 1.27 bits per heavy atom. The topological polar surface area (TPSA) is 67.9 Å². The van der Waals surface area contributed by atoms with Gasteiger partial charge in [-0.2, -0.15) is 0 Å². The number of likely N-dealkylation sites (tertiary alicyclic amines) is 1. The molecule has 1 aliphatic rings. The Bertz CT molecular complexity index is 515. The number of carbonyl (C=O) groups is 2. The van der Waals surface area contributed by atoms with Gasteiger partial charge in [0.05, 0.1) is 7.11 Å². The molecule has 2 amide bonds. The number of hydroxylamine groups is 1. The van der Waals surface area contributed by atoms with E-state index in [4.69, 9.17) is 4.74 Å². The van der Waals surface area contributed by atoms with Gasteiger partial charge in [-0.15, -0.1) is 0 Å². The number of piperidine rings is 1. The van der Waals surface area contributed by atoms with Gasteiger partial charge >= 0.3 is 6.09 Å². The van der Waals surface area contributed by atoms with Gasteiger partial charge in [-0.05, 0) is 31.7 Å². The molecule has 22 heavy (non-hydrogen) atoms. The highest BCUT2D eigenvalue weighted by Gasteiger charge is 2.33. The molecular formula is C16H22N2O4. The first kappa shape index (κ1) is 16.3. The summed E-state index contributed by atoms with van der Waals surface area (Å²) < 4.78 is 5.33. The zero-order chi connectivity index (χ0) is 15.9. The van der Waals surface area contributed by atoms with E-state index in [0.717, 1.165) is 24.0 Å². The Morgan fingerprint density at radius 3 is 2.68 bits per heavy atom. The summed E-state index contributed by atoms with van der Waals surface area (Å²) in [6, 6.07) is 7.26. The van der Waals surface area contributed by atoms with Crippen LogP contribution in [0.2, 0.25) is 0 Å². The normalized spacial score (nSPS) is 17.9. The number of ether oxygens (including phenoxy) is 1. The molecule has 1 fully saturated rings. The summed E-state index contributed by atoms with van der Waals surface area (Å²) in [7, 11) is 1.38. The number of carbonyl (C=O) groups excluding carboxylic acids is 2. The molecule has 0 radical (unpaired) electrons. The SMILES string of the molecule is CONC(=O)C1CCCCN1C(=O)OCc1ccc(C)cc1. The third kappa shape index (κ3) is 4.21. The van der Waals surface area contributed by atoms with E-state index in [9.17, 15) is 9.59 Å². The van der Waals surface area contributed by atoms with Crippen LogP contribution in [0, 0.1) is 6.92 Å². The molecule has 1 aliphatic heterocycles. The van der Waals surface area contributed by atoms with E-state index in [-0.39, 0.29) is 12.5 Å². The van der Waals surface area contributed by atoms with Crippen molar-refractivity contribution in [1.29, 1.82) is 0 Å². The molecule has 0 bridgehead atoms. The largest absolute Gasteiger partial charge is 0.445 e. The van der Waals surface area contributed by atoms with Gasteiger partial charge in [-0.25, -0.2) is 10.3 Å². The van der Waals surface area contributed by atoms with Crippen molar-refractivity contribution in [2.45, 2.75) is 38.8 Å².